The van der Waals surface area contributed by atoms with Crippen molar-refractivity contribution in [1.82, 2.24) is 4.90 Å². The average molecular weight is 354 g/mol. The first-order valence-corrected chi connectivity index (χ1v) is 8.95. The van der Waals surface area contributed by atoms with Crippen LogP contribution in [0.4, 0.5) is 0 Å². The number of benzene rings is 2. The third kappa shape index (κ3) is 5.01. The van der Waals surface area contributed by atoms with Gasteiger partial charge in [-0.05, 0) is 43.9 Å². The third-order valence-electron chi connectivity index (χ3n) is 4.45. The summed E-state index contributed by atoms with van der Waals surface area (Å²) in [5, 5.41) is 0. The molecule has 1 radical (unpaired) electrons. The van der Waals surface area contributed by atoms with Gasteiger partial charge in [0, 0.05) is 24.2 Å². The first kappa shape index (κ1) is 19.8. The van der Waals surface area contributed by atoms with E-state index in [9.17, 15) is 4.79 Å². The maximum Gasteiger partial charge on any atom is 0.254 e. The van der Waals surface area contributed by atoms with Gasteiger partial charge >= 0.3 is 0 Å². The Morgan fingerprint density at radius 2 is 1.65 bits per heavy atom. The van der Waals surface area contributed by atoms with Crippen molar-refractivity contribution in [3.63, 3.8) is 0 Å². The van der Waals surface area contributed by atoms with Crippen LogP contribution < -0.4 is 9.47 Å². The first-order chi connectivity index (χ1) is 12.6. The van der Waals surface area contributed by atoms with Gasteiger partial charge in [0.2, 0.25) is 0 Å². The molecule has 2 rings (SSSR count). The highest BCUT2D eigenvalue weighted by molar-refractivity contribution is 5.95. The van der Waals surface area contributed by atoms with Crippen LogP contribution in [0.2, 0.25) is 0 Å². The number of hydrogen-bond acceptors (Lipinski definition) is 3. The second-order valence-corrected chi connectivity index (χ2v) is 6.24. The quantitative estimate of drug-likeness (QED) is 0.673. The van der Waals surface area contributed by atoms with E-state index in [-0.39, 0.29) is 5.91 Å². The van der Waals surface area contributed by atoms with E-state index < -0.39 is 0 Å². The highest BCUT2D eigenvalue weighted by atomic mass is 16.5. The summed E-state index contributed by atoms with van der Waals surface area (Å²) in [5.74, 6) is 1.30. The molecule has 0 aliphatic carbocycles. The minimum absolute atomic E-state index is 0.0155. The Balaban J connectivity index is 2.12. The van der Waals surface area contributed by atoms with Gasteiger partial charge in [-0.15, -0.1) is 0 Å². The van der Waals surface area contributed by atoms with Crippen molar-refractivity contribution >= 4 is 5.91 Å². The van der Waals surface area contributed by atoms with E-state index in [1.807, 2.05) is 30.0 Å². The Morgan fingerprint density at radius 1 is 1.04 bits per heavy atom. The Kier molecular flexibility index (Phi) is 7.52. The third-order valence-corrected chi connectivity index (χ3v) is 4.45. The number of aryl methyl sites for hydroxylation is 1. The summed E-state index contributed by atoms with van der Waals surface area (Å²) in [4.78, 5) is 14.9. The molecule has 0 unspecified atom stereocenters. The predicted molar refractivity (Wildman–Crippen MR) is 105 cm³/mol. The number of amides is 1. The molecule has 2 aromatic carbocycles. The minimum atomic E-state index is -0.0155. The van der Waals surface area contributed by atoms with Gasteiger partial charge in [-0.2, -0.15) is 0 Å². The van der Waals surface area contributed by atoms with E-state index in [4.69, 9.17) is 9.47 Å². The molecule has 0 N–H and O–H groups in total. The molecule has 0 bridgehead atoms. The molecule has 26 heavy (non-hydrogen) atoms. The lowest BCUT2D eigenvalue weighted by molar-refractivity contribution is 0.0755. The summed E-state index contributed by atoms with van der Waals surface area (Å²) in [5.41, 5.74) is 2.75. The second kappa shape index (κ2) is 9.85. The van der Waals surface area contributed by atoms with E-state index in [0.29, 0.717) is 36.6 Å². The van der Waals surface area contributed by atoms with Gasteiger partial charge in [0.25, 0.3) is 5.91 Å². The van der Waals surface area contributed by atoms with Gasteiger partial charge in [-0.3, -0.25) is 4.79 Å². The molecule has 2 aromatic rings. The predicted octanol–water partition coefficient (Wildman–Crippen LogP) is 4.31. The maximum atomic E-state index is 13.0. The molecule has 0 fully saturated rings. The standard InChI is InChI=1S/C22H28NO3/c1-5-13-23(14-9-12-18-10-7-6-8-11-18)22(24)19-15-20(25-3)17(2)21(16-19)26-4/h6-8,10-11,15-16H,1,5,9,12-14H2,2-4H3. The normalized spacial score (nSPS) is 10.5. The average Bonchev–Trinajstić information content (AvgIpc) is 2.67. The number of nitrogens with zero attached hydrogens (tertiary/aromatic N) is 1. The van der Waals surface area contributed by atoms with Crippen molar-refractivity contribution in [1.29, 1.82) is 0 Å². The molecule has 0 spiro atoms. The van der Waals surface area contributed by atoms with E-state index >= 15 is 0 Å². The van der Waals surface area contributed by atoms with Crippen LogP contribution in [0, 0.1) is 13.8 Å². The summed E-state index contributed by atoms with van der Waals surface area (Å²) in [6, 6.07) is 13.9. The molecule has 0 atom stereocenters. The summed E-state index contributed by atoms with van der Waals surface area (Å²) in [6.45, 7) is 7.15. The van der Waals surface area contributed by atoms with E-state index in [1.54, 1.807) is 26.4 Å². The number of carbonyl (C=O) groups excluding carboxylic acids is 1. The van der Waals surface area contributed by atoms with E-state index in [1.165, 1.54) is 5.56 Å². The summed E-state index contributed by atoms with van der Waals surface area (Å²) in [7, 11) is 3.20. The van der Waals surface area contributed by atoms with Crippen LogP contribution in [0.1, 0.15) is 34.3 Å². The highest BCUT2D eigenvalue weighted by Gasteiger charge is 2.18. The lowest BCUT2D eigenvalue weighted by Gasteiger charge is -2.23. The highest BCUT2D eigenvalue weighted by Crippen LogP contribution is 2.30. The van der Waals surface area contributed by atoms with Crippen LogP contribution in [0.3, 0.4) is 0 Å². The van der Waals surface area contributed by atoms with Crippen LogP contribution >= 0.6 is 0 Å². The van der Waals surface area contributed by atoms with Crippen LogP contribution in [0.5, 0.6) is 11.5 Å². The number of ether oxygens (including phenoxy) is 2. The Morgan fingerprint density at radius 3 is 2.19 bits per heavy atom. The van der Waals surface area contributed by atoms with Crippen LogP contribution in [0.25, 0.3) is 0 Å². The largest absolute Gasteiger partial charge is 0.496 e. The number of carbonyl (C=O) groups is 1. The molecule has 0 saturated carbocycles. The fourth-order valence-electron chi connectivity index (χ4n) is 3.02. The lowest BCUT2D eigenvalue weighted by Crippen LogP contribution is -2.33. The fraction of sp³-hybridized carbons (Fsp3) is 0.364. The van der Waals surface area contributed by atoms with Crippen molar-refractivity contribution < 1.29 is 14.3 Å². The molecular formula is C22H28NO3. The topological polar surface area (TPSA) is 38.8 Å². The Bertz CT molecular complexity index is 688. The van der Waals surface area contributed by atoms with Crippen molar-refractivity contribution in [3.05, 3.63) is 66.1 Å². The van der Waals surface area contributed by atoms with E-state index in [2.05, 4.69) is 19.1 Å². The van der Waals surface area contributed by atoms with Gasteiger partial charge < -0.3 is 14.4 Å². The SMILES string of the molecule is [CH2]CCN(CCCc1ccccc1)C(=O)c1cc(OC)c(C)c(OC)c1. The summed E-state index contributed by atoms with van der Waals surface area (Å²) >= 11 is 0. The van der Waals surface area contributed by atoms with Gasteiger partial charge in [-0.1, -0.05) is 37.3 Å². The smallest absolute Gasteiger partial charge is 0.254 e. The van der Waals surface area contributed by atoms with Gasteiger partial charge in [-0.25, -0.2) is 0 Å². The zero-order chi connectivity index (χ0) is 18.9. The van der Waals surface area contributed by atoms with Crippen molar-refractivity contribution in [2.75, 3.05) is 27.3 Å². The van der Waals surface area contributed by atoms with Crippen LogP contribution in [0.15, 0.2) is 42.5 Å². The van der Waals surface area contributed by atoms with Crippen molar-refractivity contribution in [3.8, 4) is 11.5 Å². The number of methoxy groups -OCH3 is 2. The monoisotopic (exact) mass is 354 g/mol. The number of hydrogen-bond donors (Lipinski definition) is 0. The molecule has 4 heteroatoms. The molecule has 4 nitrogen and oxygen atoms in total. The molecule has 0 aliphatic rings. The van der Waals surface area contributed by atoms with E-state index in [0.717, 1.165) is 18.4 Å². The molecular weight excluding hydrogens is 326 g/mol. The number of rotatable bonds is 9. The molecule has 0 saturated heterocycles. The molecule has 0 aliphatic heterocycles. The Hall–Kier alpha value is -2.49. The minimum Gasteiger partial charge on any atom is -0.496 e. The Labute approximate surface area is 156 Å². The zero-order valence-electron chi connectivity index (χ0n) is 16.0. The molecule has 1 amide bonds. The van der Waals surface area contributed by atoms with Crippen LogP contribution in [-0.4, -0.2) is 38.1 Å². The zero-order valence-corrected chi connectivity index (χ0v) is 16.0. The van der Waals surface area contributed by atoms with Gasteiger partial charge in [0.1, 0.15) is 11.5 Å². The first-order valence-electron chi connectivity index (χ1n) is 8.95. The molecule has 139 valence electrons. The lowest BCUT2D eigenvalue weighted by atomic mass is 10.1. The molecule has 0 heterocycles. The molecule has 0 aromatic heterocycles. The van der Waals surface area contributed by atoms with Crippen LogP contribution in [-0.2, 0) is 6.42 Å². The fourth-order valence-corrected chi connectivity index (χ4v) is 3.02. The second-order valence-electron chi connectivity index (χ2n) is 6.24. The van der Waals surface area contributed by atoms with Crippen molar-refractivity contribution in [2.24, 2.45) is 0 Å². The van der Waals surface area contributed by atoms with Gasteiger partial charge in [0.15, 0.2) is 0 Å². The van der Waals surface area contributed by atoms with Gasteiger partial charge in [0.05, 0.1) is 14.2 Å². The maximum absolute atomic E-state index is 13.0. The summed E-state index contributed by atoms with van der Waals surface area (Å²) in [6.07, 6.45) is 2.54. The van der Waals surface area contributed by atoms with Crippen molar-refractivity contribution in [2.45, 2.75) is 26.2 Å². The summed E-state index contributed by atoms with van der Waals surface area (Å²) < 4.78 is 10.8.